The molecule has 3 heteroatoms. The molecule has 1 amide bonds. The van der Waals surface area contributed by atoms with E-state index in [2.05, 4.69) is 0 Å². The van der Waals surface area contributed by atoms with Crippen molar-refractivity contribution >= 4 is 5.91 Å². The smallest absolute Gasteiger partial charge is 0.254 e. The maximum atomic E-state index is 12.5. The summed E-state index contributed by atoms with van der Waals surface area (Å²) in [5, 5.41) is 0. The molecule has 1 aliphatic heterocycles. The zero-order valence-electron chi connectivity index (χ0n) is 10.5. The number of hydrogen-bond acceptors (Lipinski definition) is 2. The van der Waals surface area contributed by atoms with Crippen molar-refractivity contribution in [1.29, 1.82) is 0 Å². The molecule has 96 valence electrons. The number of carbonyl (C=O) groups is 1. The summed E-state index contributed by atoms with van der Waals surface area (Å²) in [5.41, 5.74) is 0.795. The van der Waals surface area contributed by atoms with Crippen LogP contribution in [0.2, 0.25) is 0 Å². The van der Waals surface area contributed by atoms with Crippen LogP contribution in [-0.2, 0) is 4.74 Å². The van der Waals surface area contributed by atoms with Crippen LogP contribution in [0.1, 0.15) is 36.0 Å². The van der Waals surface area contributed by atoms with E-state index < -0.39 is 0 Å². The molecule has 0 bridgehead atoms. The molecule has 1 aliphatic carbocycles. The average molecular weight is 245 g/mol. The van der Waals surface area contributed by atoms with Gasteiger partial charge in [-0.1, -0.05) is 31.0 Å². The van der Waals surface area contributed by atoms with E-state index in [9.17, 15) is 4.79 Å². The number of rotatable bonds is 1. The Labute approximate surface area is 108 Å². The predicted molar refractivity (Wildman–Crippen MR) is 69.5 cm³/mol. The van der Waals surface area contributed by atoms with Gasteiger partial charge in [-0.05, 0) is 25.0 Å². The van der Waals surface area contributed by atoms with Gasteiger partial charge < -0.3 is 9.64 Å². The Kier molecular flexibility index (Phi) is 3.33. The topological polar surface area (TPSA) is 29.5 Å². The fourth-order valence-corrected chi connectivity index (χ4v) is 3.10. The van der Waals surface area contributed by atoms with E-state index in [0.717, 1.165) is 24.9 Å². The van der Waals surface area contributed by atoms with Gasteiger partial charge in [-0.2, -0.15) is 0 Å². The van der Waals surface area contributed by atoms with Gasteiger partial charge in [0.25, 0.3) is 5.91 Å². The van der Waals surface area contributed by atoms with Crippen molar-refractivity contribution in [2.75, 3.05) is 13.2 Å². The molecule has 2 fully saturated rings. The summed E-state index contributed by atoms with van der Waals surface area (Å²) in [4.78, 5) is 14.6. The molecule has 0 radical (unpaired) electrons. The van der Waals surface area contributed by atoms with Gasteiger partial charge in [0.1, 0.15) is 0 Å². The maximum absolute atomic E-state index is 12.5. The molecule has 0 N–H and O–H groups in total. The number of morpholine rings is 1. The number of nitrogens with zero attached hydrogens (tertiary/aromatic N) is 1. The average Bonchev–Trinajstić information content (AvgIpc) is 2.47. The monoisotopic (exact) mass is 245 g/mol. The summed E-state index contributed by atoms with van der Waals surface area (Å²) in [6.45, 7) is 1.41. The first-order chi connectivity index (χ1) is 8.86. The number of benzene rings is 1. The third-order valence-electron chi connectivity index (χ3n) is 4.01. The number of hydrogen-bond donors (Lipinski definition) is 0. The first-order valence-corrected chi connectivity index (χ1v) is 6.84. The summed E-state index contributed by atoms with van der Waals surface area (Å²) in [6.07, 6.45) is 4.89. The van der Waals surface area contributed by atoms with E-state index in [4.69, 9.17) is 4.74 Å². The molecule has 1 aromatic carbocycles. The Hall–Kier alpha value is -1.35. The van der Waals surface area contributed by atoms with Crippen molar-refractivity contribution in [2.45, 2.75) is 37.8 Å². The van der Waals surface area contributed by atoms with E-state index in [1.54, 1.807) is 0 Å². The van der Waals surface area contributed by atoms with Crippen molar-refractivity contribution in [3.05, 3.63) is 35.9 Å². The second-order valence-electron chi connectivity index (χ2n) is 5.13. The van der Waals surface area contributed by atoms with Crippen molar-refractivity contribution in [1.82, 2.24) is 4.90 Å². The minimum absolute atomic E-state index is 0.163. The second kappa shape index (κ2) is 5.11. The van der Waals surface area contributed by atoms with Crippen LogP contribution in [0.4, 0.5) is 0 Å². The first-order valence-electron chi connectivity index (χ1n) is 6.84. The fourth-order valence-electron chi connectivity index (χ4n) is 3.10. The Balaban J connectivity index is 1.80. The van der Waals surface area contributed by atoms with E-state index >= 15 is 0 Å². The van der Waals surface area contributed by atoms with Crippen LogP contribution in [0, 0.1) is 0 Å². The van der Waals surface area contributed by atoms with Gasteiger partial charge in [0.05, 0.1) is 18.8 Å². The van der Waals surface area contributed by atoms with Crippen LogP contribution in [-0.4, -0.2) is 36.1 Å². The van der Waals surface area contributed by atoms with Crippen LogP contribution in [0.15, 0.2) is 30.3 Å². The standard InChI is InChI=1S/C15H19NO2/c17-15(12-6-2-1-3-7-12)16-10-11-18-14-9-5-4-8-13(14)16/h1-3,6-7,13-14H,4-5,8-11H2/t13-,14+/m0/s1. The van der Waals surface area contributed by atoms with Crippen LogP contribution in [0.3, 0.4) is 0 Å². The van der Waals surface area contributed by atoms with Gasteiger partial charge in [-0.25, -0.2) is 0 Å². The molecule has 3 rings (SSSR count). The number of amides is 1. The van der Waals surface area contributed by atoms with Crippen molar-refractivity contribution in [3.63, 3.8) is 0 Å². The molecule has 2 aliphatic rings. The summed E-state index contributed by atoms with van der Waals surface area (Å²) in [7, 11) is 0. The summed E-state index contributed by atoms with van der Waals surface area (Å²) < 4.78 is 5.80. The van der Waals surface area contributed by atoms with Crippen molar-refractivity contribution < 1.29 is 9.53 Å². The lowest BCUT2D eigenvalue weighted by atomic mass is 9.89. The van der Waals surface area contributed by atoms with E-state index in [0.29, 0.717) is 12.6 Å². The fraction of sp³-hybridized carbons (Fsp3) is 0.533. The highest BCUT2D eigenvalue weighted by atomic mass is 16.5. The highest BCUT2D eigenvalue weighted by molar-refractivity contribution is 5.94. The second-order valence-corrected chi connectivity index (χ2v) is 5.13. The Morgan fingerprint density at radius 3 is 2.78 bits per heavy atom. The van der Waals surface area contributed by atoms with E-state index in [1.165, 1.54) is 12.8 Å². The highest BCUT2D eigenvalue weighted by Gasteiger charge is 2.36. The summed E-state index contributed by atoms with van der Waals surface area (Å²) in [6, 6.07) is 9.88. The zero-order chi connectivity index (χ0) is 12.4. The van der Waals surface area contributed by atoms with Gasteiger partial charge in [0.15, 0.2) is 0 Å². The molecule has 0 spiro atoms. The third-order valence-corrected chi connectivity index (χ3v) is 4.01. The van der Waals surface area contributed by atoms with Crippen molar-refractivity contribution in [2.24, 2.45) is 0 Å². The minimum Gasteiger partial charge on any atom is -0.374 e. The molecule has 1 aromatic rings. The van der Waals surface area contributed by atoms with Crippen LogP contribution >= 0.6 is 0 Å². The molecule has 3 nitrogen and oxygen atoms in total. The van der Waals surface area contributed by atoms with Gasteiger partial charge >= 0.3 is 0 Å². The molecule has 0 aromatic heterocycles. The largest absolute Gasteiger partial charge is 0.374 e. The zero-order valence-corrected chi connectivity index (χ0v) is 10.5. The molecule has 0 unspecified atom stereocenters. The van der Waals surface area contributed by atoms with Gasteiger partial charge in [-0.3, -0.25) is 4.79 Å². The van der Waals surface area contributed by atoms with Crippen molar-refractivity contribution in [3.8, 4) is 0 Å². The lowest BCUT2D eigenvalue weighted by molar-refractivity contribution is -0.0752. The molecule has 1 heterocycles. The van der Waals surface area contributed by atoms with E-state index in [-0.39, 0.29) is 12.0 Å². The van der Waals surface area contributed by atoms with Gasteiger partial charge in [0.2, 0.25) is 0 Å². The quantitative estimate of drug-likeness (QED) is 0.760. The molecular weight excluding hydrogens is 226 g/mol. The molecule has 1 saturated heterocycles. The first kappa shape index (κ1) is 11.7. The molecular formula is C15H19NO2. The van der Waals surface area contributed by atoms with Crippen LogP contribution < -0.4 is 0 Å². The highest BCUT2D eigenvalue weighted by Crippen LogP contribution is 2.29. The molecule has 1 saturated carbocycles. The molecule has 2 atom stereocenters. The number of carbonyl (C=O) groups excluding carboxylic acids is 1. The normalized spacial score (nSPS) is 27.7. The SMILES string of the molecule is O=C(c1ccccc1)N1CCO[C@@H]2CCCC[C@@H]21. The van der Waals surface area contributed by atoms with Gasteiger partial charge in [-0.15, -0.1) is 0 Å². The Morgan fingerprint density at radius 1 is 1.17 bits per heavy atom. The Bertz CT molecular complexity index is 416. The minimum atomic E-state index is 0.163. The third kappa shape index (κ3) is 2.15. The Morgan fingerprint density at radius 2 is 1.94 bits per heavy atom. The maximum Gasteiger partial charge on any atom is 0.254 e. The van der Waals surface area contributed by atoms with Gasteiger partial charge in [0, 0.05) is 12.1 Å². The molecule has 18 heavy (non-hydrogen) atoms. The van der Waals surface area contributed by atoms with E-state index in [1.807, 2.05) is 35.2 Å². The van der Waals surface area contributed by atoms with Crippen LogP contribution in [0.5, 0.6) is 0 Å². The number of ether oxygens (including phenoxy) is 1. The lowest BCUT2D eigenvalue weighted by Crippen LogP contribution is -2.54. The number of fused-ring (bicyclic) bond motifs is 1. The summed E-state index contributed by atoms with van der Waals surface area (Å²) >= 11 is 0. The lowest BCUT2D eigenvalue weighted by Gasteiger charge is -2.43. The predicted octanol–water partition coefficient (Wildman–Crippen LogP) is 2.47. The summed E-state index contributed by atoms with van der Waals surface area (Å²) in [5.74, 6) is 0.163. The van der Waals surface area contributed by atoms with Crippen LogP contribution in [0.25, 0.3) is 0 Å².